The first-order valence-electron chi connectivity index (χ1n) is 12.6. The van der Waals surface area contributed by atoms with Crippen molar-refractivity contribution in [2.75, 3.05) is 11.9 Å². The minimum absolute atomic E-state index is 0.109. The number of benzene rings is 2. The number of hydrogen-bond donors (Lipinski definition) is 4. The van der Waals surface area contributed by atoms with E-state index in [1.54, 1.807) is 24.3 Å². The summed E-state index contributed by atoms with van der Waals surface area (Å²) in [7, 11) is 0. The fourth-order valence-electron chi connectivity index (χ4n) is 5.21. The lowest BCUT2D eigenvalue weighted by Gasteiger charge is -2.29. The average Bonchev–Trinajstić information content (AvgIpc) is 3.47. The summed E-state index contributed by atoms with van der Waals surface area (Å²) in [5.41, 5.74) is 2.78. The van der Waals surface area contributed by atoms with Crippen LogP contribution in [-0.2, 0) is 22.7 Å². The second-order valence-electron chi connectivity index (χ2n) is 9.83. The van der Waals surface area contributed by atoms with Crippen LogP contribution in [0.2, 0.25) is 0 Å². The van der Waals surface area contributed by atoms with E-state index in [0.717, 1.165) is 36.1 Å². The van der Waals surface area contributed by atoms with Crippen LogP contribution in [0.15, 0.2) is 42.5 Å². The molecule has 5 rings (SSSR count). The zero-order valence-corrected chi connectivity index (χ0v) is 20.4. The number of amides is 5. The van der Waals surface area contributed by atoms with Gasteiger partial charge < -0.3 is 25.4 Å². The fourth-order valence-corrected chi connectivity index (χ4v) is 5.21. The van der Waals surface area contributed by atoms with Gasteiger partial charge >= 0.3 is 6.03 Å². The Hall–Kier alpha value is -3.92. The largest absolute Gasteiger partial charge is 0.490 e. The van der Waals surface area contributed by atoms with Gasteiger partial charge in [0.25, 0.3) is 5.91 Å². The average molecular weight is 507 g/mol. The fraction of sp³-hybridized carbons (Fsp3) is 0.407. The maximum Gasteiger partial charge on any atom is 0.319 e. The van der Waals surface area contributed by atoms with E-state index < -0.39 is 11.9 Å². The Morgan fingerprint density at radius 2 is 1.89 bits per heavy atom. The number of imide groups is 1. The van der Waals surface area contributed by atoms with Crippen LogP contribution in [-0.4, -0.2) is 52.5 Å². The number of rotatable bonds is 7. The predicted octanol–water partition coefficient (Wildman–Crippen LogP) is 2.31. The van der Waals surface area contributed by atoms with Crippen molar-refractivity contribution in [1.29, 1.82) is 0 Å². The lowest BCUT2D eigenvalue weighted by Crippen LogP contribution is -2.52. The maximum atomic E-state index is 12.8. The van der Waals surface area contributed by atoms with Crippen LogP contribution in [0.3, 0.4) is 0 Å². The van der Waals surface area contributed by atoms with Crippen molar-refractivity contribution in [2.45, 2.75) is 57.3 Å². The van der Waals surface area contributed by atoms with Crippen molar-refractivity contribution in [3.63, 3.8) is 0 Å². The monoisotopic (exact) mass is 506 g/mol. The third-order valence-corrected chi connectivity index (χ3v) is 7.21. The van der Waals surface area contributed by atoms with E-state index in [4.69, 9.17) is 4.74 Å². The first kappa shape index (κ1) is 24.8. The number of fused-ring (bicyclic) bond motifs is 1. The molecule has 37 heavy (non-hydrogen) atoms. The molecule has 2 aromatic carbocycles. The molecule has 2 fully saturated rings. The zero-order valence-electron chi connectivity index (χ0n) is 20.4. The quantitative estimate of drug-likeness (QED) is 0.426. The van der Waals surface area contributed by atoms with Crippen LogP contribution in [0.4, 0.5) is 10.5 Å². The molecule has 10 heteroatoms. The first-order chi connectivity index (χ1) is 17.9. The SMILES string of the molecule is O=C1CCC(N2Cc3cc(CNC(=O)Nc4ccc(O[C@@H]5CC[C@H](CO)C5)cc4)ccc3C2=O)C(=O)N1. The minimum Gasteiger partial charge on any atom is -0.490 e. The summed E-state index contributed by atoms with van der Waals surface area (Å²) in [6, 6.07) is 11.5. The number of nitrogens with zero attached hydrogens (tertiary/aromatic N) is 1. The normalized spacial score (nSPS) is 23.0. The summed E-state index contributed by atoms with van der Waals surface area (Å²) >= 11 is 0. The third-order valence-electron chi connectivity index (χ3n) is 7.21. The lowest BCUT2D eigenvalue weighted by molar-refractivity contribution is -0.136. The van der Waals surface area contributed by atoms with Gasteiger partial charge in [0.2, 0.25) is 11.8 Å². The molecule has 194 valence electrons. The molecule has 2 aromatic rings. The highest BCUT2D eigenvalue weighted by Crippen LogP contribution is 2.30. The molecule has 1 unspecified atom stereocenters. The van der Waals surface area contributed by atoms with Crippen molar-refractivity contribution in [3.05, 3.63) is 59.2 Å². The third kappa shape index (κ3) is 5.59. The number of anilines is 1. The van der Waals surface area contributed by atoms with Crippen molar-refractivity contribution in [3.8, 4) is 5.75 Å². The molecule has 10 nitrogen and oxygen atoms in total. The lowest BCUT2D eigenvalue weighted by atomic mass is 10.0. The van der Waals surface area contributed by atoms with E-state index in [0.29, 0.717) is 23.6 Å². The van der Waals surface area contributed by atoms with Gasteiger partial charge in [0.1, 0.15) is 11.8 Å². The Labute approximate surface area is 214 Å². The highest BCUT2D eigenvalue weighted by Gasteiger charge is 2.39. The van der Waals surface area contributed by atoms with Gasteiger partial charge in [-0.25, -0.2) is 4.79 Å². The standard InChI is InChI=1S/C27H30N4O6/c32-15-17-1-5-21(12-17)37-20-6-3-19(4-7-20)29-27(36)28-13-16-2-8-22-18(11-16)14-31(26(22)35)23-9-10-24(33)30-25(23)34/h2-4,6-8,11,17,21,23,32H,1,5,9-10,12-15H2,(H2,28,29,36)(H,30,33,34)/t17-,21+,23?/m0/s1. The van der Waals surface area contributed by atoms with Gasteiger partial charge in [-0.15, -0.1) is 0 Å². The first-order valence-corrected chi connectivity index (χ1v) is 12.6. The molecule has 4 N–H and O–H groups in total. The highest BCUT2D eigenvalue weighted by atomic mass is 16.5. The van der Waals surface area contributed by atoms with Crippen molar-refractivity contribution in [2.24, 2.45) is 5.92 Å². The van der Waals surface area contributed by atoms with E-state index in [-0.39, 0.29) is 50.1 Å². The summed E-state index contributed by atoms with van der Waals surface area (Å²) in [6.07, 6.45) is 3.39. The second kappa shape index (κ2) is 10.6. The number of carbonyl (C=O) groups excluding carboxylic acids is 4. The molecular weight excluding hydrogens is 476 g/mol. The van der Waals surface area contributed by atoms with E-state index >= 15 is 0 Å². The Morgan fingerprint density at radius 3 is 2.62 bits per heavy atom. The summed E-state index contributed by atoms with van der Waals surface area (Å²) in [4.78, 5) is 50.4. The molecule has 3 aliphatic rings. The van der Waals surface area contributed by atoms with Crippen molar-refractivity contribution < 1.29 is 29.0 Å². The van der Waals surface area contributed by atoms with Crippen LogP contribution in [0, 0.1) is 5.92 Å². The topological polar surface area (TPSA) is 137 Å². The molecule has 0 bridgehead atoms. The smallest absolute Gasteiger partial charge is 0.319 e. The summed E-state index contributed by atoms with van der Waals surface area (Å²) in [5.74, 6) is 0.0562. The van der Waals surface area contributed by atoms with Gasteiger partial charge in [0.15, 0.2) is 0 Å². The van der Waals surface area contributed by atoms with Gasteiger partial charge in [-0.3, -0.25) is 19.7 Å². The molecule has 0 spiro atoms. The molecule has 2 aliphatic heterocycles. The van der Waals surface area contributed by atoms with Crippen LogP contribution in [0.25, 0.3) is 0 Å². The van der Waals surface area contributed by atoms with Gasteiger partial charge in [0.05, 0.1) is 6.10 Å². The number of hydrogen-bond acceptors (Lipinski definition) is 6. The number of carbonyl (C=O) groups is 4. The Morgan fingerprint density at radius 1 is 1.08 bits per heavy atom. The number of aliphatic hydroxyl groups excluding tert-OH is 1. The summed E-state index contributed by atoms with van der Waals surface area (Å²) < 4.78 is 5.97. The predicted molar refractivity (Wildman–Crippen MR) is 134 cm³/mol. The van der Waals surface area contributed by atoms with Crippen molar-refractivity contribution in [1.82, 2.24) is 15.5 Å². The molecule has 5 amide bonds. The van der Waals surface area contributed by atoms with Crippen LogP contribution in [0.1, 0.15) is 53.6 Å². The molecule has 0 aromatic heterocycles. The molecule has 1 saturated heterocycles. The molecule has 2 heterocycles. The molecular formula is C27H30N4O6. The minimum atomic E-state index is -0.655. The van der Waals surface area contributed by atoms with Gasteiger partial charge in [0, 0.05) is 37.4 Å². The number of ether oxygens (including phenoxy) is 1. The van der Waals surface area contributed by atoms with Gasteiger partial charge in [-0.05, 0) is 73.1 Å². The molecule has 0 radical (unpaired) electrons. The van der Waals surface area contributed by atoms with E-state index in [1.807, 2.05) is 18.2 Å². The molecule has 1 aliphatic carbocycles. The molecule has 1 saturated carbocycles. The number of piperidine rings is 1. The number of urea groups is 1. The summed E-state index contributed by atoms with van der Waals surface area (Å²) in [5, 5.41) is 17.2. The Kier molecular flexibility index (Phi) is 7.09. The summed E-state index contributed by atoms with van der Waals surface area (Å²) in [6.45, 7) is 0.749. The van der Waals surface area contributed by atoms with E-state index in [9.17, 15) is 24.3 Å². The number of aliphatic hydroxyl groups is 1. The zero-order chi connectivity index (χ0) is 25.9. The number of nitrogens with one attached hydrogen (secondary N) is 3. The Bertz CT molecular complexity index is 1210. The molecule has 3 atom stereocenters. The van der Waals surface area contributed by atoms with Crippen LogP contribution in [0.5, 0.6) is 5.75 Å². The second-order valence-corrected chi connectivity index (χ2v) is 9.83. The maximum absolute atomic E-state index is 12.8. The van der Waals surface area contributed by atoms with Crippen molar-refractivity contribution >= 4 is 29.4 Å². The Balaban J connectivity index is 1.11. The van der Waals surface area contributed by atoms with E-state index in [2.05, 4.69) is 16.0 Å². The van der Waals surface area contributed by atoms with Crippen LogP contribution < -0.4 is 20.7 Å². The van der Waals surface area contributed by atoms with Gasteiger partial charge in [-0.1, -0.05) is 12.1 Å². The van der Waals surface area contributed by atoms with E-state index in [1.165, 1.54) is 4.90 Å². The van der Waals surface area contributed by atoms with Crippen LogP contribution >= 0.6 is 0 Å². The highest BCUT2D eigenvalue weighted by molar-refractivity contribution is 6.05. The van der Waals surface area contributed by atoms with Gasteiger partial charge in [-0.2, -0.15) is 0 Å².